The maximum atomic E-state index is 10.5. The molecule has 0 bridgehead atoms. The van der Waals surface area contributed by atoms with E-state index in [1.807, 2.05) is 72.8 Å². The fourth-order valence-electron chi connectivity index (χ4n) is 2.17. The van der Waals surface area contributed by atoms with Gasteiger partial charge in [0.2, 0.25) is 0 Å². The van der Waals surface area contributed by atoms with E-state index in [4.69, 9.17) is 0 Å². The van der Waals surface area contributed by atoms with Crippen LogP contribution in [-0.4, -0.2) is 5.11 Å². The Hall–Kier alpha value is -2.54. The molecule has 0 saturated heterocycles. The highest BCUT2D eigenvalue weighted by atomic mass is 16.3. The molecule has 19 heavy (non-hydrogen) atoms. The lowest BCUT2D eigenvalue weighted by Gasteiger charge is -2.10. The summed E-state index contributed by atoms with van der Waals surface area (Å²) in [6.07, 6.45) is 0. The Labute approximate surface area is 112 Å². The molecule has 0 heterocycles. The zero-order chi connectivity index (χ0) is 13.1. The van der Waals surface area contributed by atoms with Crippen LogP contribution in [0.5, 0.6) is 5.75 Å². The highest BCUT2D eigenvalue weighted by Gasteiger charge is 2.09. The van der Waals surface area contributed by atoms with Crippen LogP contribution in [0.3, 0.4) is 0 Å². The van der Waals surface area contributed by atoms with Crippen molar-refractivity contribution in [2.45, 2.75) is 0 Å². The SMILES string of the molecule is Oc1c(-c2ccccc2)c[c]cc1-c1ccccc1. The summed E-state index contributed by atoms with van der Waals surface area (Å²) in [5.41, 5.74) is 3.60. The Morgan fingerprint density at radius 2 is 1.05 bits per heavy atom. The molecule has 0 aromatic heterocycles. The largest absolute Gasteiger partial charge is 0.507 e. The van der Waals surface area contributed by atoms with Crippen molar-refractivity contribution in [3.05, 3.63) is 78.9 Å². The van der Waals surface area contributed by atoms with Gasteiger partial charge in [0.15, 0.2) is 0 Å². The van der Waals surface area contributed by atoms with Crippen LogP contribution >= 0.6 is 0 Å². The monoisotopic (exact) mass is 245 g/mol. The highest BCUT2D eigenvalue weighted by Crippen LogP contribution is 2.37. The molecule has 0 aliphatic heterocycles. The molecule has 1 radical (unpaired) electrons. The van der Waals surface area contributed by atoms with Gasteiger partial charge >= 0.3 is 0 Å². The second-order valence-corrected chi connectivity index (χ2v) is 4.36. The summed E-state index contributed by atoms with van der Waals surface area (Å²) in [7, 11) is 0. The third-order valence-corrected chi connectivity index (χ3v) is 3.14. The summed E-state index contributed by atoms with van der Waals surface area (Å²) < 4.78 is 0. The highest BCUT2D eigenvalue weighted by molar-refractivity contribution is 5.81. The van der Waals surface area contributed by atoms with E-state index in [0.29, 0.717) is 5.75 Å². The van der Waals surface area contributed by atoms with Gasteiger partial charge in [-0.05, 0) is 29.3 Å². The van der Waals surface area contributed by atoms with E-state index in [9.17, 15) is 5.11 Å². The van der Waals surface area contributed by atoms with E-state index in [2.05, 4.69) is 6.07 Å². The van der Waals surface area contributed by atoms with Crippen molar-refractivity contribution >= 4 is 0 Å². The van der Waals surface area contributed by atoms with Crippen molar-refractivity contribution in [1.82, 2.24) is 0 Å². The van der Waals surface area contributed by atoms with Crippen LogP contribution in [0.25, 0.3) is 22.3 Å². The van der Waals surface area contributed by atoms with Gasteiger partial charge in [0.25, 0.3) is 0 Å². The molecule has 0 saturated carbocycles. The topological polar surface area (TPSA) is 20.2 Å². The van der Waals surface area contributed by atoms with E-state index in [1.54, 1.807) is 0 Å². The van der Waals surface area contributed by atoms with Crippen LogP contribution in [0.4, 0.5) is 0 Å². The molecule has 1 heteroatoms. The quantitative estimate of drug-likeness (QED) is 0.703. The Kier molecular flexibility index (Phi) is 3.03. The first-order chi connectivity index (χ1) is 9.36. The molecule has 0 amide bonds. The average molecular weight is 245 g/mol. The molecule has 0 fully saturated rings. The van der Waals surface area contributed by atoms with Crippen LogP contribution in [0.15, 0.2) is 72.8 Å². The number of benzene rings is 3. The fraction of sp³-hybridized carbons (Fsp3) is 0. The van der Waals surface area contributed by atoms with E-state index < -0.39 is 0 Å². The minimum atomic E-state index is 0.302. The van der Waals surface area contributed by atoms with E-state index in [1.165, 1.54) is 0 Å². The number of phenolic OH excluding ortho intramolecular Hbond substituents is 1. The molecular formula is C18H13O. The predicted molar refractivity (Wildman–Crippen MR) is 77.8 cm³/mol. The number of rotatable bonds is 2. The van der Waals surface area contributed by atoms with Gasteiger partial charge in [-0.3, -0.25) is 0 Å². The van der Waals surface area contributed by atoms with Crippen molar-refractivity contribution < 1.29 is 5.11 Å². The number of phenols is 1. The smallest absolute Gasteiger partial charge is 0.131 e. The predicted octanol–water partition coefficient (Wildman–Crippen LogP) is 4.53. The van der Waals surface area contributed by atoms with Crippen molar-refractivity contribution in [2.75, 3.05) is 0 Å². The molecule has 1 nitrogen and oxygen atoms in total. The van der Waals surface area contributed by atoms with Crippen molar-refractivity contribution in [3.8, 4) is 28.0 Å². The average Bonchev–Trinajstić information content (AvgIpc) is 2.49. The van der Waals surface area contributed by atoms with Gasteiger partial charge in [-0.1, -0.05) is 60.7 Å². The molecule has 0 unspecified atom stereocenters. The van der Waals surface area contributed by atoms with Gasteiger partial charge in [0.1, 0.15) is 5.75 Å². The zero-order valence-corrected chi connectivity index (χ0v) is 10.4. The van der Waals surface area contributed by atoms with Crippen molar-refractivity contribution in [3.63, 3.8) is 0 Å². The first kappa shape index (κ1) is 11.5. The molecule has 0 atom stereocenters. The van der Waals surface area contributed by atoms with Gasteiger partial charge < -0.3 is 5.11 Å². The van der Waals surface area contributed by atoms with Crippen LogP contribution in [0.1, 0.15) is 0 Å². The maximum absolute atomic E-state index is 10.5. The second kappa shape index (κ2) is 4.99. The van der Waals surface area contributed by atoms with Crippen LogP contribution in [-0.2, 0) is 0 Å². The number of hydrogen-bond donors (Lipinski definition) is 1. The van der Waals surface area contributed by atoms with Gasteiger partial charge in [-0.25, -0.2) is 0 Å². The molecule has 0 aliphatic carbocycles. The molecular weight excluding hydrogens is 232 g/mol. The second-order valence-electron chi connectivity index (χ2n) is 4.36. The molecule has 0 aliphatic rings. The minimum Gasteiger partial charge on any atom is -0.507 e. The molecule has 3 aromatic rings. The number of hydrogen-bond acceptors (Lipinski definition) is 1. The lowest BCUT2D eigenvalue weighted by atomic mass is 9.97. The summed E-state index contributed by atoms with van der Waals surface area (Å²) >= 11 is 0. The van der Waals surface area contributed by atoms with Gasteiger partial charge in [-0.15, -0.1) is 0 Å². The Balaban J connectivity index is 2.15. The van der Waals surface area contributed by atoms with Crippen LogP contribution < -0.4 is 0 Å². The van der Waals surface area contributed by atoms with E-state index in [-0.39, 0.29) is 0 Å². The summed E-state index contributed by atoms with van der Waals surface area (Å²) in [6, 6.07) is 26.5. The lowest BCUT2D eigenvalue weighted by Crippen LogP contribution is -1.83. The summed E-state index contributed by atoms with van der Waals surface area (Å²) in [5, 5.41) is 10.5. The van der Waals surface area contributed by atoms with Crippen molar-refractivity contribution in [2.24, 2.45) is 0 Å². The van der Waals surface area contributed by atoms with Gasteiger partial charge in [0, 0.05) is 11.1 Å². The molecule has 0 spiro atoms. The van der Waals surface area contributed by atoms with Gasteiger partial charge in [0.05, 0.1) is 0 Å². The lowest BCUT2D eigenvalue weighted by molar-refractivity contribution is 0.479. The first-order valence-corrected chi connectivity index (χ1v) is 6.20. The van der Waals surface area contributed by atoms with E-state index >= 15 is 0 Å². The third-order valence-electron chi connectivity index (χ3n) is 3.14. The molecule has 91 valence electrons. The number of aromatic hydroxyl groups is 1. The maximum Gasteiger partial charge on any atom is 0.131 e. The van der Waals surface area contributed by atoms with Crippen LogP contribution in [0.2, 0.25) is 0 Å². The standard InChI is InChI=1S/C18H13O/c19-18-16(14-8-3-1-4-9-14)12-7-13-17(18)15-10-5-2-6-11-15/h1-6,8-13,19H. The van der Waals surface area contributed by atoms with E-state index in [0.717, 1.165) is 22.3 Å². The first-order valence-electron chi connectivity index (χ1n) is 6.20. The summed E-state index contributed by atoms with van der Waals surface area (Å²) in [5.74, 6) is 0.302. The summed E-state index contributed by atoms with van der Waals surface area (Å²) in [4.78, 5) is 0. The zero-order valence-electron chi connectivity index (χ0n) is 10.4. The Morgan fingerprint density at radius 1 is 0.632 bits per heavy atom. The normalized spacial score (nSPS) is 10.3. The molecule has 3 rings (SSSR count). The Bertz CT molecular complexity index is 615. The fourth-order valence-corrected chi connectivity index (χ4v) is 2.17. The summed E-state index contributed by atoms with van der Waals surface area (Å²) in [6.45, 7) is 0. The molecule has 3 aromatic carbocycles. The van der Waals surface area contributed by atoms with Gasteiger partial charge in [-0.2, -0.15) is 0 Å². The Morgan fingerprint density at radius 3 is 1.47 bits per heavy atom. The third kappa shape index (κ3) is 2.23. The van der Waals surface area contributed by atoms with Crippen molar-refractivity contribution in [1.29, 1.82) is 0 Å². The minimum absolute atomic E-state index is 0.302. The molecule has 1 N–H and O–H groups in total. The van der Waals surface area contributed by atoms with Crippen LogP contribution in [0, 0.1) is 6.07 Å².